The minimum Gasteiger partial charge on any atom is -0.387 e. The van der Waals surface area contributed by atoms with Crippen LogP contribution in [0.15, 0.2) is 48.5 Å². The number of aliphatic hydroxyl groups is 1. The molecule has 0 aliphatic carbocycles. The van der Waals surface area contributed by atoms with Gasteiger partial charge >= 0.3 is 0 Å². The van der Waals surface area contributed by atoms with Gasteiger partial charge < -0.3 is 10.0 Å². The summed E-state index contributed by atoms with van der Waals surface area (Å²) in [4.78, 5) is 25.5. The zero-order valence-electron chi connectivity index (χ0n) is 14.3. The van der Waals surface area contributed by atoms with E-state index in [0.29, 0.717) is 17.7 Å². The molecular formula is C20H23NO3. The van der Waals surface area contributed by atoms with Gasteiger partial charge in [0.1, 0.15) is 0 Å². The molecule has 0 aliphatic rings. The molecule has 0 aliphatic heterocycles. The van der Waals surface area contributed by atoms with Crippen LogP contribution < -0.4 is 0 Å². The summed E-state index contributed by atoms with van der Waals surface area (Å²) >= 11 is 0. The van der Waals surface area contributed by atoms with Gasteiger partial charge in [0.25, 0.3) is 5.91 Å². The highest BCUT2D eigenvalue weighted by molar-refractivity contribution is 5.97. The van der Waals surface area contributed by atoms with Crippen molar-refractivity contribution in [2.24, 2.45) is 0 Å². The number of nitrogens with zero attached hydrogens (tertiary/aromatic N) is 1. The largest absolute Gasteiger partial charge is 0.387 e. The zero-order chi connectivity index (χ0) is 17.7. The van der Waals surface area contributed by atoms with Crippen LogP contribution in [0.3, 0.4) is 0 Å². The Bertz CT molecular complexity index is 705. The van der Waals surface area contributed by atoms with E-state index in [1.165, 1.54) is 6.92 Å². The molecule has 2 aromatic carbocycles. The van der Waals surface area contributed by atoms with Crippen molar-refractivity contribution in [1.82, 2.24) is 4.90 Å². The van der Waals surface area contributed by atoms with Gasteiger partial charge in [0.05, 0.1) is 12.6 Å². The number of likely N-dealkylation sites (N-methyl/N-ethyl adjacent to an activating group) is 1. The number of Topliss-reactive ketones (excluding diaryl/α,β-unsaturated/α-hetero) is 1. The van der Waals surface area contributed by atoms with Crippen molar-refractivity contribution in [3.8, 4) is 0 Å². The maximum atomic E-state index is 12.6. The highest BCUT2D eigenvalue weighted by Crippen LogP contribution is 2.17. The van der Waals surface area contributed by atoms with Crippen molar-refractivity contribution < 1.29 is 14.7 Å². The summed E-state index contributed by atoms with van der Waals surface area (Å²) in [6.07, 6.45) is -0.731. The first-order valence-corrected chi connectivity index (χ1v) is 8.07. The van der Waals surface area contributed by atoms with Crippen LogP contribution in [0.25, 0.3) is 0 Å². The maximum Gasteiger partial charge on any atom is 0.253 e. The molecule has 0 saturated heterocycles. The Morgan fingerprint density at radius 3 is 2.04 bits per heavy atom. The average molecular weight is 325 g/mol. The van der Waals surface area contributed by atoms with Crippen molar-refractivity contribution in [2.45, 2.75) is 26.9 Å². The number of aryl methyl sites for hydroxylation is 1. The number of aliphatic hydroxyl groups excluding tert-OH is 1. The minimum atomic E-state index is -0.731. The molecule has 1 unspecified atom stereocenters. The Morgan fingerprint density at radius 1 is 1.00 bits per heavy atom. The van der Waals surface area contributed by atoms with Crippen LogP contribution in [-0.2, 0) is 0 Å². The lowest BCUT2D eigenvalue weighted by Crippen LogP contribution is -2.34. The van der Waals surface area contributed by atoms with Crippen LogP contribution in [0.1, 0.15) is 51.8 Å². The van der Waals surface area contributed by atoms with E-state index in [2.05, 4.69) is 0 Å². The van der Waals surface area contributed by atoms with E-state index in [1.54, 1.807) is 29.2 Å². The van der Waals surface area contributed by atoms with Crippen molar-refractivity contribution in [3.05, 3.63) is 70.8 Å². The van der Waals surface area contributed by atoms with E-state index in [4.69, 9.17) is 0 Å². The average Bonchev–Trinajstić information content (AvgIpc) is 2.59. The first-order chi connectivity index (χ1) is 11.4. The summed E-state index contributed by atoms with van der Waals surface area (Å²) in [5, 5.41) is 10.4. The van der Waals surface area contributed by atoms with Gasteiger partial charge in [-0.1, -0.05) is 42.0 Å². The number of ketones is 1. The highest BCUT2D eigenvalue weighted by atomic mass is 16.3. The van der Waals surface area contributed by atoms with E-state index in [1.807, 2.05) is 38.1 Å². The molecule has 1 N–H and O–H groups in total. The smallest absolute Gasteiger partial charge is 0.253 e. The maximum absolute atomic E-state index is 12.6. The predicted molar refractivity (Wildman–Crippen MR) is 94.2 cm³/mol. The lowest BCUT2D eigenvalue weighted by atomic mass is 10.1. The van der Waals surface area contributed by atoms with Gasteiger partial charge in [-0.15, -0.1) is 0 Å². The van der Waals surface area contributed by atoms with Crippen molar-refractivity contribution in [1.29, 1.82) is 0 Å². The first kappa shape index (κ1) is 17.9. The molecule has 2 rings (SSSR count). The van der Waals surface area contributed by atoms with Gasteiger partial charge in [-0.2, -0.15) is 0 Å². The quantitative estimate of drug-likeness (QED) is 0.828. The standard InChI is InChI=1S/C20H23NO3/c1-4-21(13-19(23)17-7-5-14(2)6-8-17)20(24)18-11-9-16(10-12-18)15(3)22/h5-12,19,23H,4,13H2,1-3H3. The SMILES string of the molecule is CCN(CC(O)c1ccc(C)cc1)C(=O)c1ccc(C(C)=O)cc1. The third kappa shape index (κ3) is 4.30. The van der Waals surface area contributed by atoms with Crippen LogP contribution in [-0.4, -0.2) is 34.8 Å². The molecule has 1 amide bonds. The Morgan fingerprint density at radius 2 is 1.54 bits per heavy atom. The number of carbonyl (C=O) groups is 2. The minimum absolute atomic E-state index is 0.0314. The molecule has 0 spiro atoms. The second kappa shape index (κ2) is 7.88. The summed E-state index contributed by atoms with van der Waals surface area (Å²) in [5.41, 5.74) is 3.01. The molecule has 1 atom stereocenters. The van der Waals surface area contributed by atoms with Crippen LogP contribution in [0.4, 0.5) is 0 Å². The molecule has 126 valence electrons. The highest BCUT2D eigenvalue weighted by Gasteiger charge is 2.19. The van der Waals surface area contributed by atoms with Gasteiger partial charge in [0.15, 0.2) is 5.78 Å². The van der Waals surface area contributed by atoms with E-state index >= 15 is 0 Å². The second-order valence-electron chi connectivity index (χ2n) is 5.90. The summed E-state index contributed by atoms with van der Waals surface area (Å²) in [6, 6.07) is 14.2. The third-order valence-electron chi connectivity index (χ3n) is 4.06. The number of benzene rings is 2. The van der Waals surface area contributed by atoms with E-state index < -0.39 is 6.10 Å². The summed E-state index contributed by atoms with van der Waals surface area (Å²) in [7, 11) is 0. The third-order valence-corrected chi connectivity index (χ3v) is 4.06. The lowest BCUT2D eigenvalue weighted by Gasteiger charge is -2.24. The van der Waals surface area contributed by atoms with Crippen LogP contribution in [0.2, 0.25) is 0 Å². The normalized spacial score (nSPS) is 11.8. The van der Waals surface area contributed by atoms with E-state index in [0.717, 1.165) is 11.1 Å². The van der Waals surface area contributed by atoms with Crippen molar-refractivity contribution in [2.75, 3.05) is 13.1 Å². The fraction of sp³-hybridized carbons (Fsp3) is 0.300. The van der Waals surface area contributed by atoms with Gasteiger partial charge in [0.2, 0.25) is 0 Å². The van der Waals surface area contributed by atoms with Crippen molar-refractivity contribution >= 4 is 11.7 Å². The van der Waals surface area contributed by atoms with Crippen LogP contribution in [0, 0.1) is 6.92 Å². The fourth-order valence-electron chi connectivity index (χ4n) is 2.49. The molecule has 0 radical (unpaired) electrons. The predicted octanol–water partition coefficient (Wildman–Crippen LogP) is 3.39. The van der Waals surface area contributed by atoms with Gasteiger partial charge in [-0.05, 0) is 38.5 Å². The Labute approximate surface area is 142 Å². The first-order valence-electron chi connectivity index (χ1n) is 8.07. The number of carbonyl (C=O) groups excluding carboxylic acids is 2. The molecular weight excluding hydrogens is 302 g/mol. The van der Waals surface area contributed by atoms with Gasteiger partial charge in [0, 0.05) is 17.7 Å². The summed E-state index contributed by atoms with van der Waals surface area (Å²) in [6.45, 7) is 6.09. The molecule has 0 bridgehead atoms. The Balaban J connectivity index is 2.10. The molecule has 24 heavy (non-hydrogen) atoms. The van der Waals surface area contributed by atoms with Gasteiger partial charge in [-0.3, -0.25) is 9.59 Å². The molecule has 4 heteroatoms. The molecule has 0 fully saturated rings. The van der Waals surface area contributed by atoms with Gasteiger partial charge in [-0.25, -0.2) is 0 Å². The second-order valence-corrected chi connectivity index (χ2v) is 5.90. The Kier molecular flexibility index (Phi) is 5.88. The molecule has 0 aromatic heterocycles. The molecule has 2 aromatic rings. The number of amides is 1. The number of hydrogen-bond acceptors (Lipinski definition) is 3. The zero-order valence-corrected chi connectivity index (χ0v) is 14.3. The van der Waals surface area contributed by atoms with E-state index in [9.17, 15) is 14.7 Å². The topological polar surface area (TPSA) is 57.6 Å². The lowest BCUT2D eigenvalue weighted by molar-refractivity contribution is 0.0634. The summed E-state index contributed by atoms with van der Waals surface area (Å²) in [5.74, 6) is -0.185. The molecule has 0 heterocycles. The van der Waals surface area contributed by atoms with Crippen molar-refractivity contribution in [3.63, 3.8) is 0 Å². The van der Waals surface area contributed by atoms with Crippen LogP contribution in [0.5, 0.6) is 0 Å². The number of rotatable bonds is 6. The monoisotopic (exact) mass is 325 g/mol. The summed E-state index contributed by atoms with van der Waals surface area (Å²) < 4.78 is 0. The van der Waals surface area contributed by atoms with E-state index in [-0.39, 0.29) is 18.2 Å². The number of hydrogen-bond donors (Lipinski definition) is 1. The fourth-order valence-corrected chi connectivity index (χ4v) is 2.49. The van der Waals surface area contributed by atoms with Crippen LogP contribution >= 0.6 is 0 Å². The molecule has 0 saturated carbocycles. The molecule has 4 nitrogen and oxygen atoms in total. The Hall–Kier alpha value is -2.46.